The maximum absolute atomic E-state index is 5.65. The number of hydrogen-bond acceptors (Lipinski definition) is 4. The minimum Gasteiger partial charge on any atom is -0.490 e. The van der Waals surface area contributed by atoms with E-state index < -0.39 is 0 Å². The van der Waals surface area contributed by atoms with Crippen LogP contribution in [0.25, 0.3) is 0 Å². The fraction of sp³-hybridized carbons (Fsp3) is 0.643. The van der Waals surface area contributed by atoms with E-state index in [1.165, 1.54) is 25.0 Å². The zero-order valence-corrected chi connectivity index (χ0v) is 12.3. The molecule has 3 nitrogen and oxygen atoms in total. The molecule has 18 heavy (non-hydrogen) atoms. The van der Waals surface area contributed by atoms with Crippen molar-refractivity contribution in [1.29, 1.82) is 0 Å². The lowest BCUT2D eigenvalue weighted by Gasteiger charge is -2.11. The zero-order valence-electron chi connectivity index (χ0n) is 11.4. The van der Waals surface area contributed by atoms with Crippen LogP contribution in [-0.2, 0) is 0 Å². The Labute approximate surface area is 115 Å². The van der Waals surface area contributed by atoms with Crippen molar-refractivity contribution < 1.29 is 4.74 Å². The van der Waals surface area contributed by atoms with Crippen molar-refractivity contribution in [3.63, 3.8) is 0 Å². The highest BCUT2D eigenvalue weighted by atomic mass is 32.2. The number of nitrogens with one attached hydrogen (secondary N) is 1. The van der Waals surface area contributed by atoms with E-state index in [2.05, 4.69) is 23.5 Å². The molecule has 0 spiro atoms. The molecule has 0 atom stereocenters. The Morgan fingerprint density at radius 1 is 1.33 bits per heavy atom. The molecule has 1 aromatic rings. The minimum atomic E-state index is 0.744. The summed E-state index contributed by atoms with van der Waals surface area (Å²) < 4.78 is 5.65. The number of hydrogen-bond donors (Lipinski definition) is 1. The zero-order chi connectivity index (χ0) is 13.1. The first-order valence-electron chi connectivity index (χ1n) is 6.69. The van der Waals surface area contributed by atoms with E-state index in [0.717, 1.165) is 31.1 Å². The summed E-state index contributed by atoms with van der Waals surface area (Å²) in [6, 6.07) is 3.88. The van der Waals surface area contributed by atoms with Gasteiger partial charge in [0, 0.05) is 12.7 Å². The SMILES string of the molecule is CCCOc1cccnc1NCCCCCSC. The highest BCUT2D eigenvalue weighted by Gasteiger charge is 2.02. The average Bonchev–Trinajstić information content (AvgIpc) is 2.41. The molecule has 102 valence electrons. The summed E-state index contributed by atoms with van der Waals surface area (Å²) in [7, 11) is 0. The van der Waals surface area contributed by atoms with Crippen LogP contribution in [0.4, 0.5) is 5.82 Å². The lowest BCUT2D eigenvalue weighted by Crippen LogP contribution is -2.06. The lowest BCUT2D eigenvalue weighted by molar-refractivity contribution is 0.318. The summed E-state index contributed by atoms with van der Waals surface area (Å²) >= 11 is 1.91. The van der Waals surface area contributed by atoms with E-state index >= 15 is 0 Å². The number of anilines is 1. The number of ether oxygens (including phenoxy) is 1. The van der Waals surface area contributed by atoms with Crippen LogP contribution in [0.2, 0.25) is 0 Å². The molecule has 1 N–H and O–H groups in total. The summed E-state index contributed by atoms with van der Waals surface area (Å²) in [4.78, 5) is 4.33. The van der Waals surface area contributed by atoms with Gasteiger partial charge in [0.1, 0.15) is 0 Å². The van der Waals surface area contributed by atoms with E-state index in [0.29, 0.717) is 0 Å². The normalized spacial score (nSPS) is 10.3. The lowest BCUT2D eigenvalue weighted by atomic mass is 10.2. The average molecular weight is 268 g/mol. The van der Waals surface area contributed by atoms with Gasteiger partial charge in [-0.3, -0.25) is 0 Å². The smallest absolute Gasteiger partial charge is 0.168 e. The van der Waals surface area contributed by atoms with E-state index in [4.69, 9.17) is 4.74 Å². The number of thioether (sulfide) groups is 1. The topological polar surface area (TPSA) is 34.1 Å². The Bertz CT molecular complexity index is 320. The molecule has 0 aliphatic carbocycles. The van der Waals surface area contributed by atoms with E-state index in [1.807, 2.05) is 23.9 Å². The first-order valence-corrected chi connectivity index (χ1v) is 8.08. The largest absolute Gasteiger partial charge is 0.490 e. The van der Waals surface area contributed by atoms with Gasteiger partial charge in [0.05, 0.1) is 6.61 Å². The quantitative estimate of drug-likeness (QED) is 0.654. The Hall–Kier alpha value is -0.900. The summed E-state index contributed by atoms with van der Waals surface area (Å²) in [5.74, 6) is 2.99. The van der Waals surface area contributed by atoms with Crippen molar-refractivity contribution >= 4 is 17.6 Å². The molecule has 0 aromatic carbocycles. The molecule has 0 bridgehead atoms. The maximum Gasteiger partial charge on any atom is 0.168 e. The van der Waals surface area contributed by atoms with E-state index in [-0.39, 0.29) is 0 Å². The third kappa shape index (κ3) is 6.15. The van der Waals surface area contributed by atoms with Crippen LogP contribution in [0, 0.1) is 0 Å². The van der Waals surface area contributed by atoms with Crippen LogP contribution in [0.5, 0.6) is 5.75 Å². The Balaban J connectivity index is 2.27. The van der Waals surface area contributed by atoms with Crippen molar-refractivity contribution in [3.05, 3.63) is 18.3 Å². The standard InChI is InChI=1S/C14H24N2OS/c1-3-11-17-13-8-7-10-16-14(13)15-9-5-4-6-12-18-2/h7-8,10H,3-6,9,11-12H2,1-2H3,(H,15,16). The van der Waals surface area contributed by atoms with Gasteiger partial charge in [-0.2, -0.15) is 11.8 Å². The van der Waals surface area contributed by atoms with Gasteiger partial charge in [0.2, 0.25) is 0 Å². The molecule has 0 aliphatic rings. The minimum absolute atomic E-state index is 0.744. The van der Waals surface area contributed by atoms with Crippen LogP contribution in [-0.4, -0.2) is 30.1 Å². The molecule has 0 fully saturated rings. The molecule has 0 saturated heterocycles. The van der Waals surface area contributed by atoms with Crippen LogP contribution in [0.15, 0.2) is 18.3 Å². The molecule has 1 heterocycles. The highest BCUT2D eigenvalue weighted by molar-refractivity contribution is 7.98. The van der Waals surface area contributed by atoms with Crippen molar-refractivity contribution in [1.82, 2.24) is 4.98 Å². The molecule has 4 heteroatoms. The summed E-state index contributed by atoms with van der Waals surface area (Å²) in [6.07, 6.45) is 8.72. The van der Waals surface area contributed by atoms with Gasteiger partial charge in [-0.25, -0.2) is 4.98 Å². The van der Waals surface area contributed by atoms with Gasteiger partial charge in [-0.1, -0.05) is 13.3 Å². The molecule has 0 amide bonds. The maximum atomic E-state index is 5.65. The van der Waals surface area contributed by atoms with Crippen LogP contribution >= 0.6 is 11.8 Å². The predicted molar refractivity (Wildman–Crippen MR) is 80.7 cm³/mol. The molecular formula is C14H24N2OS. The second kappa shape index (κ2) is 10.1. The fourth-order valence-corrected chi connectivity index (χ4v) is 2.10. The fourth-order valence-electron chi connectivity index (χ4n) is 1.61. The summed E-state index contributed by atoms with van der Waals surface area (Å²) in [6.45, 7) is 3.82. The second-order valence-electron chi connectivity index (χ2n) is 4.18. The molecule has 0 saturated carbocycles. The molecule has 1 aromatic heterocycles. The van der Waals surface area contributed by atoms with E-state index in [1.54, 1.807) is 6.20 Å². The van der Waals surface area contributed by atoms with Gasteiger partial charge < -0.3 is 10.1 Å². The summed E-state index contributed by atoms with van der Waals surface area (Å²) in [5.41, 5.74) is 0. The van der Waals surface area contributed by atoms with Crippen LogP contribution in [0.1, 0.15) is 32.6 Å². The van der Waals surface area contributed by atoms with Crippen LogP contribution < -0.4 is 10.1 Å². The van der Waals surface area contributed by atoms with Crippen molar-refractivity contribution in [2.75, 3.05) is 30.5 Å². The molecule has 1 rings (SSSR count). The number of rotatable bonds is 10. The number of aromatic nitrogens is 1. The third-order valence-electron chi connectivity index (χ3n) is 2.55. The van der Waals surface area contributed by atoms with Gasteiger partial charge >= 0.3 is 0 Å². The summed E-state index contributed by atoms with van der Waals surface area (Å²) in [5, 5.41) is 3.36. The van der Waals surface area contributed by atoms with E-state index in [9.17, 15) is 0 Å². The molecular weight excluding hydrogens is 244 g/mol. The first-order chi connectivity index (χ1) is 8.88. The number of unbranched alkanes of at least 4 members (excludes halogenated alkanes) is 2. The second-order valence-corrected chi connectivity index (χ2v) is 5.16. The van der Waals surface area contributed by atoms with Crippen molar-refractivity contribution in [3.8, 4) is 5.75 Å². The van der Waals surface area contributed by atoms with Gasteiger partial charge in [-0.05, 0) is 43.4 Å². The third-order valence-corrected chi connectivity index (χ3v) is 3.25. The molecule has 0 aliphatic heterocycles. The van der Waals surface area contributed by atoms with Crippen molar-refractivity contribution in [2.24, 2.45) is 0 Å². The van der Waals surface area contributed by atoms with Gasteiger partial charge in [0.15, 0.2) is 11.6 Å². The molecule has 0 unspecified atom stereocenters. The number of nitrogens with zero attached hydrogens (tertiary/aromatic N) is 1. The Kier molecular flexibility index (Phi) is 8.47. The predicted octanol–water partition coefficient (Wildman–Crippen LogP) is 3.82. The van der Waals surface area contributed by atoms with Crippen molar-refractivity contribution in [2.45, 2.75) is 32.6 Å². The first kappa shape index (κ1) is 15.2. The Morgan fingerprint density at radius 2 is 2.22 bits per heavy atom. The van der Waals surface area contributed by atoms with Crippen LogP contribution in [0.3, 0.4) is 0 Å². The highest BCUT2D eigenvalue weighted by Crippen LogP contribution is 2.20. The Morgan fingerprint density at radius 3 is 3.00 bits per heavy atom. The monoisotopic (exact) mass is 268 g/mol. The van der Waals surface area contributed by atoms with Gasteiger partial charge in [0.25, 0.3) is 0 Å². The van der Waals surface area contributed by atoms with Gasteiger partial charge in [-0.15, -0.1) is 0 Å². The molecule has 0 radical (unpaired) electrons. The number of pyridine rings is 1.